The molecule has 1 heterocycles. The Labute approximate surface area is 110 Å². The Morgan fingerprint density at radius 3 is 2.63 bits per heavy atom. The van der Waals surface area contributed by atoms with Crippen molar-refractivity contribution in [3.63, 3.8) is 0 Å². The summed E-state index contributed by atoms with van der Waals surface area (Å²) >= 11 is 0. The van der Waals surface area contributed by atoms with E-state index < -0.39 is 17.4 Å². The third-order valence-corrected chi connectivity index (χ3v) is 2.38. The molecule has 0 unspecified atom stereocenters. The SMILES string of the molecule is CCOC(=O)CN(C(=O)c1c[nH]c(=O)cn1)C(C)C. The van der Waals surface area contributed by atoms with Gasteiger partial charge in [0.1, 0.15) is 12.2 Å². The summed E-state index contributed by atoms with van der Waals surface area (Å²) in [6, 6.07) is -0.189. The van der Waals surface area contributed by atoms with Crippen molar-refractivity contribution in [3.8, 4) is 0 Å². The fourth-order valence-corrected chi connectivity index (χ4v) is 1.44. The third-order valence-electron chi connectivity index (χ3n) is 2.38. The highest BCUT2D eigenvalue weighted by atomic mass is 16.5. The van der Waals surface area contributed by atoms with Crippen LogP contribution in [0.25, 0.3) is 0 Å². The Kier molecular flexibility index (Phi) is 5.23. The van der Waals surface area contributed by atoms with Crippen LogP contribution in [0, 0.1) is 0 Å². The van der Waals surface area contributed by atoms with Gasteiger partial charge in [0, 0.05) is 12.2 Å². The van der Waals surface area contributed by atoms with Crippen LogP contribution in [0.3, 0.4) is 0 Å². The van der Waals surface area contributed by atoms with Gasteiger partial charge in [-0.2, -0.15) is 0 Å². The summed E-state index contributed by atoms with van der Waals surface area (Å²) in [4.78, 5) is 42.0. The normalized spacial score (nSPS) is 10.3. The number of aromatic amines is 1. The largest absolute Gasteiger partial charge is 0.465 e. The number of ether oxygens (including phenoxy) is 1. The number of aromatic nitrogens is 2. The number of nitrogens with zero attached hydrogens (tertiary/aromatic N) is 2. The summed E-state index contributed by atoms with van der Waals surface area (Å²) < 4.78 is 4.82. The highest BCUT2D eigenvalue weighted by molar-refractivity contribution is 5.94. The summed E-state index contributed by atoms with van der Waals surface area (Å²) in [5.74, 6) is -0.909. The molecule has 0 atom stereocenters. The molecule has 1 amide bonds. The second-order valence-electron chi connectivity index (χ2n) is 4.13. The van der Waals surface area contributed by atoms with E-state index in [2.05, 4.69) is 9.97 Å². The number of amides is 1. The van der Waals surface area contributed by atoms with Gasteiger partial charge in [0.15, 0.2) is 0 Å². The lowest BCUT2D eigenvalue weighted by Gasteiger charge is -2.25. The second kappa shape index (κ2) is 6.67. The van der Waals surface area contributed by atoms with Crippen molar-refractivity contribution in [1.82, 2.24) is 14.9 Å². The molecule has 7 nitrogen and oxygen atoms in total. The Morgan fingerprint density at radius 2 is 2.16 bits per heavy atom. The lowest BCUT2D eigenvalue weighted by Crippen LogP contribution is -2.41. The quantitative estimate of drug-likeness (QED) is 0.768. The number of hydrogen-bond donors (Lipinski definition) is 1. The van der Waals surface area contributed by atoms with Gasteiger partial charge in [-0.25, -0.2) is 4.98 Å². The number of hydrogen-bond acceptors (Lipinski definition) is 5. The van der Waals surface area contributed by atoms with E-state index in [0.717, 1.165) is 6.20 Å². The summed E-state index contributed by atoms with van der Waals surface area (Å²) in [7, 11) is 0. The zero-order chi connectivity index (χ0) is 14.4. The van der Waals surface area contributed by atoms with Crippen LogP contribution >= 0.6 is 0 Å². The molecular weight excluding hydrogens is 250 g/mol. The Morgan fingerprint density at radius 1 is 1.47 bits per heavy atom. The number of carbonyl (C=O) groups excluding carboxylic acids is 2. The van der Waals surface area contributed by atoms with Crippen molar-refractivity contribution in [1.29, 1.82) is 0 Å². The molecule has 104 valence electrons. The van der Waals surface area contributed by atoms with Crippen molar-refractivity contribution < 1.29 is 14.3 Å². The molecule has 0 aliphatic rings. The molecule has 0 saturated heterocycles. The number of H-pyrrole nitrogens is 1. The molecule has 0 radical (unpaired) electrons. The van der Waals surface area contributed by atoms with E-state index in [1.165, 1.54) is 11.1 Å². The maximum absolute atomic E-state index is 12.2. The Hall–Kier alpha value is -2.18. The van der Waals surface area contributed by atoms with Crippen molar-refractivity contribution in [2.24, 2.45) is 0 Å². The van der Waals surface area contributed by atoms with Gasteiger partial charge >= 0.3 is 5.97 Å². The van der Waals surface area contributed by atoms with Crippen molar-refractivity contribution in [2.45, 2.75) is 26.8 Å². The fraction of sp³-hybridized carbons (Fsp3) is 0.500. The van der Waals surface area contributed by atoms with E-state index in [0.29, 0.717) is 0 Å². The van der Waals surface area contributed by atoms with Crippen LogP contribution in [0.1, 0.15) is 31.3 Å². The minimum absolute atomic E-state index is 0.0811. The van der Waals surface area contributed by atoms with E-state index >= 15 is 0 Å². The van der Waals surface area contributed by atoms with Crippen LogP contribution in [0.15, 0.2) is 17.2 Å². The minimum atomic E-state index is -0.478. The molecule has 0 bridgehead atoms. The first-order chi connectivity index (χ1) is 8.95. The Bertz CT molecular complexity index is 489. The lowest BCUT2D eigenvalue weighted by atomic mass is 10.2. The van der Waals surface area contributed by atoms with E-state index in [9.17, 15) is 14.4 Å². The van der Waals surface area contributed by atoms with Crippen LogP contribution < -0.4 is 5.56 Å². The Balaban J connectivity index is 2.87. The summed E-state index contributed by atoms with van der Waals surface area (Å²) in [5, 5.41) is 0. The number of rotatable bonds is 5. The van der Waals surface area contributed by atoms with Crippen LogP contribution in [-0.4, -0.2) is 45.9 Å². The fourth-order valence-electron chi connectivity index (χ4n) is 1.44. The predicted molar refractivity (Wildman–Crippen MR) is 67.7 cm³/mol. The number of nitrogens with one attached hydrogen (secondary N) is 1. The first kappa shape index (κ1) is 14.9. The third kappa shape index (κ3) is 4.20. The van der Waals surface area contributed by atoms with Gasteiger partial charge in [-0.05, 0) is 20.8 Å². The smallest absolute Gasteiger partial charge is 0.325 e. The maximum Gasteiger partial charge on any atom is 0.325 e. The van der Waals surface area contributed by atoms with E-state index in [-0.39, 0.29) is 24.9 Å². The topological polar surface area (TPSA) is 92.4 Å². The van der Waals surface area contributed by atoms with E-state index in [1.54, 1.807) is 20.8 Å². The van der Waals surface area contributed by atoms with E-state index in [4.69, 9.17) is 4.74 Å². The van der Waals surface area contributed by atoms with Crippen molar-refractivity contribution in [2.75, 3.05) is 13.2 Å². The van der Waals surface area contributed by atoms with Gasteiger partial charge in [-0.15, -0.1) is 0 Å². The predicted octanol–water partition coefficient (Wildman–Crippen LogP) is 0.184. The van der Waals surface area contributed by atoms with Gasteiger partial charge < -0.3 is 14.6 Å². The molecule has 1 N–H and O–H groups in total. The average molecular weight is 267 g/mol. The van der Waals surface area contributed by atoms with Crippen LogP contribution in [0.4, 0.5) is 0 Å². The second-order valence-corrected chi connectivity index (χ2v) is 4.13. The van der Waals surface area contributed by atoms with Crippen molar-refractivity contribution in [3.05, 3.63) is 28.4 Å². The molecule has 19 heavy (non-hydrogen) atoms. The molecule has 0 aromatic carbocycles. The van der Waals surface area contributed by atoms with Crippen LogP contribution in [0.5, 0.6) is 0 Å². The summed E-state index contributed by atoms with van der Waals surface area (Å²) in [6.45, 7) is 5.37. The molecule has 0 aliphatic carbocycles. The van der Waals surface area contributed by atoms with Crippen molar-refractivity contribution >= 4 is 11.9 Å². The molecule has 0 aliphatic heterocycles. The molecule has 7 heteroatoms. The molecule has 1 rings (SSSR count). The molecule has 0 saturated carbocycles. The number of carbonyl (C=O) groups is 2. The van der Waals surface area contributed by atoms with Gasteiger partial charge in [0.05, 0.1) is 12.8 Å². The van der Waals surface area contributed by atoms with E-state index in [1.807, 2.05) is 0 Å². The van der Waals surface area contributed by atoms with Gasteiger partial charge in [0.25, 0.3) is 11.5 Å². The lowest BCUT2D eigenvalue weighted by molar-refractivity contribution is -0.144. The minimum Gasteiger partial charge on any atom is -0.465 e. The zero-order valence-corrected chi connectivity index (χ0v) is 11.2. The number of esters is 1. The highest BCUT2D eigenvalue weighted by Gasteiger charge is 2.23. The molecular formula is C12H17N3O4. The monoisotopic (exact) mass is 267 g/mol. The van der Waals surface area contributed by atoms with Crippen LogP contribution in [0.2, 0.25) is 0 Å². The first-order valence-corrected chi connectivity index (χ1v) is 5.97. The molecule has 1 aromatic heterocycles. The molecule has 1 aromatic rings. The van der Waals surface area contributed by atoms with Gasteiger partial charge in [0.2, 0.25) is 0 Å². The standard InChI is InChI=1S/C12H17N3O4/c1-4-19-11(17)7-15(8(2)3)12(18)9-5-14-10(16)6-13-9/h5-6,8H,4,7H2,1-3H3,(H,14,16). The summed E-state index contributed by atoms with van der Waals surface area (Å²) in [6.07, 6.45) is 2.25. The molecule has 0 spiro atoms. The van der Waals surface area contributed by atoms with Gasteiger partial charge in [-0.3, -0.25) is 14.4 Å². The zero-order valence-electron chi connectivity index (χ0n) is 11.2. The first-order valence-electron chi connectivity index (χ1n) is 5.97. The van der Waals surface area contributed by atoms with Gasteiger partial charge in [-0.1, -0.05) is 0 Å². The summed E-state index contributed by atoms with van der Waals surface area (Å²) in [5.41, 5.74) is -0.310. The molecule has 0 fully saturated rings. The maximum atomic E-state index is 12.2. The average Bonchev–Trinajstić information content (AvgIpc) is 2.36. The van der Waals surface area contributed by atoms with Crippen LogP contribution in [-0.2, 0) is 9.53 Å². The highest BCUT2D eigenvalue weighted by Crippen LogP contribution is 2.05.